The summed E-state index contributed by atoms with van der Waals surface area (Å²) >= 11 is 0. The van der Waals surface area contributed by atoms with Gasteiger partial charge >= 0.3 is 0 Å². The first kappa shape index (κ1) is 13.4. The predicted octanol–water partition coefficient (Wildman–Crippen LogP) is 2.14. The van der Waals surface area contributed by atoms with Crippen molar-refractivity contribution >= 4 is 5.78 Å². The van der Waals surface area contributed by atoms with E-state index in [0.717, 1.165) is 12.8 Å². The Morgan fingerprint density at radius 2 is 2.05 bits per heavy atom. The number of tetrazole rings is 1. The molecule has 19 heavy (non-hydrogen) atoms. The summed E-state index contributed by atoms with van der Waals surface area (Å²) < 4.78 is 0. The van der Waals surface area contributed by atoms with Gasteiger partial charge in [0, 0.05) is 11.8 Å². The van der Waals surface area contributed by atoms with E-state index in [-0.39, 0.29) is 17.6 Å². The van der Waals surface area contributed by atoms with Crippen LogP contribution in [0.5, 0.6) is 0 Å². The highest BCUT2D eigenvalue weighted by Gasteiger charge is 2.28. The Balaban J connectivity index is 2.27. The van der Waals surface area contributed by atoms with Gasteiger partial charge in [-0.15, -0.1) is 5.10 Å². The molecule has 2 rings (SSSR count). The third-order valence-electron chi connectivity index (χ3n) is 3.46. The molecule has 0 amide bonds. The van der Waals surface area contributed by atoms with Gasteiger partial charge in [-0.1, -0.05) is 37.3 Å². The van der Waals surface area contributed by atoms with Gasteiger partial charge in [0.05, 0.1) is 0 Å². The SMILES string of the molecule is CC[C@H](C(C)=O)[C@H](Cc1ccccc1)c1nnn[nH]1. The van der Waals surface area contributed by atoms with E-state index in [4.69, 9.17) is 0 Å². The van der Waals surface area contributed by atoms with Crippen LogP contribution in [0.1, 0.15) is 37.6 Å². The molecule has 5 heteroatoms. The molecule has 0 aliphatic carbocycles. The van der Waals surface area contributed by atoms with Gasteiger partial charge in [-0.2, -0.15) is 0 Å². The van der Waals surface area contributed by atoms with E-state index in [2.05, 4.69) is 32.8 Å². The van der Waals surface area contributed by atoms with E-state index in [1.165, 1.54) is 5.56 Å². The summed E-state index contributed by atoms with van der Waals surface area (Å²) in [5, 5.41) is 14.1. The molecule has 0 saturated heterocycles. The standard InChI is InChI=1S/C14H18N4O/c1-3-12(10(2)19)13(14-15-17-18-16-14)9-11-7-5-4-6-8-11/h4-8,12-13H,3,9H2,1-2H3,(H,15,16,17,18)/t12-,13+/m1/s1. The average molecular weight is 258 g/mol. The maximum atomic E-state index is 11.8. The van der Waals surface area contributed by atoms with Crippen molar-refractivity contribution in [2.75, 3.05) is 0 Å². The van der Waals surface area contributed by atoms with Crippen molar-refractivity contribution in [1.29, 1.82) is 0 Å². The van der Waals surface area contributed by atoms with Crippen LogP contribution >= 0.6 is 0 Å². The zero-order valence-corrected chi connectivity index (χ0v) is 11.2. The molecule has 100 valence electrons. The first-order valence-electron chi connectivity index (χ1n) is 6.50. The number of carbonyl (C=O) groups excluding carboxylic acids is 1. The van der Waals surface area contributed by atoms with E-state index in [9.17, 15) is 4.79 Å². The highest BCUT2D eigenvalue weighted by Crippen LogP contribution is 2.28. The molecule has 0 bridgehead atoms. The topological polar surface area (TPSA) is 71.5 Å². The summed E-state index contributed by atoms with van der Waals surface area (Å²) in [6.07, 6.45) is 1.54. The van der Waals surface area contributed by atoms with Crippen molar-refractivity contribution in [2.45, 2.75) is 32.6 Å². The number of ketones is 1. The van der Waals surface area contributed by atoms with E-state index in [0.29, 0.717) is 5.82 Å². The van der Waals surface area contributed by atoms with Gasteiger partial charge in [0.15, 0.2) is 5.82 Å². The van der Waals surface area contributed by atoms with Crippen LogP contribution < -0.4 is 0 Å². The highest BCUT2D eigenvalue weighted by molar-refractivity contribution is 5.79. The monoisotopic (exact) mass is 258 g/mol. The second kappa shape index (κ2) is 6.22. The lowest BCUT2D eigenvalue weighted by Gasteiger charge is -2.21. The van der Waals surface area contributed by atoms with Crippen molar-refractivity contribution in [3.05, 3.63) is 41.7 Å². The second-order valence-electron chi connectivity index (χ2n) is 4.71. The van der Waals surface area contributed by atoms with Crippen molar-refractivity contribution in [1.82, 2.24) is 20.6 Å². The number of aromatic amines is 1. The van der Waals surface area contributed by atoms with Crippen LogP contribution in [0.2, 0.25) is 0 Å². The second-order valence-corrected chi connectivity index (χ2v) is 4.71. The molecular formula is C14H18N4O. The Labute approximate surface area is 112 Å². The molecule has 2 atom stereocenters. The summed E-state index contributed by atoms with van der Waals surface area (Å²) in [6.45, 7) is 3.66. The lowest BCUT2D eigenvalue weighted by molar-refractivity contribution is -0.121. The van der Waals surface area contributed by atoms with Gasteiger partial charge in [-0.25, -0.2) is 5.10 Å². The number of rotatable bonds is 6. The first-order chi connectivity index (χ1) is 9.22. The number of H-pyrrole nitrogens is 1. The molecule has 2 aromatic rings. The quantitative estimate of drug-likeness (QED) is 0.861. The molecule has 5 nitrogen and oxygen atoms in total. The number of benzene rings is 1. The molecule has 0 fully saturated rings. The summed E-state index contributed by atoms with van der Waals surface area (Å²) in [6, 6.07) is 10.1. The smallest absolute Gasteiger partial charge is 0.152 e. The molecule has 1 heterocycles. The van der Waals surface area contributed by atoms with Crippen LogP contribution in [0.25, 0.3) is 0 Å². The summed E-state index contributed by atoms with van der Waals surface area (Å²) in [7, 11) is 0. The summed E-state index contributed by atoms with van der Waals surface area (Å²) in [4.78, 5) is 11.8. The van der Waals surface area contributed by atoms with Gasteiger partial charge in [-0.3, -0.25) is 4.79 Å². The number of nitrogens with one attached hydrogen (secondary N) is 1. The van der Waals surface area contributed by atoms with E-state index in [1.807, 2.05) is 25.1 Å². The maximum Gasteiger partial charge on any atom is 0.152 e. The van der Waals surface area contributed by atoms with Gasteiger partial charge in [0.25, 0.3) is 0 Å². The van der Waals surface area contributed by atoms with Crippen LogP contribution in [-0.2, 0) is 11.2 Å². The Kier molecular flexibility index (Phi) is 4.39. The maximum absolute atomic E-state index is 11.8. The minimum Gasteiger partial charge on any atom is -0.300 e. The van der Waals surface area contributed by atoms with Crippen LogP contribution in [0.4, 0.5) is 0 Å². The average Bonchev–Trinajstić information content (AvgIpc) is 2.93. The fraction of sp³-hybridized carbons (Fsp3) is 0.429. The molecule has 1 N–H and O–H groups in total. The normalized spacial score (nSPS) is 14.0. The number of hydrogen-bond acceptors (Lipinski definition) is 4. The molecule has 0 radical (unpaired) electrons. The molecule has 0 unspecified atom stereocenters. The highest BCUT2D eigenvalue weighted by atomic mass is 16.1. The van der Waals surface area contributed by atoms with Gasteiger partial charge in [0.1, 0.15) is 5.78 Å². The van der Waals surface area contributed by atoms with Crippen molar-refractivity contribution < 1.29 is 4.79 Å². The van der Waals surface area contributed by atoms with Crippen LogP contribution in [0.3, 0.4) is 0 Å². The number of Topliss-reactive ketones (excluding diaryl/α,β-unsaturated/α-hetero) is 1. The van der Waals surface area contributed by atoms with Crippen molar-refractivity contribution in [2.24, 2.45) is 5.92 Å². The fourth-order valence-corrected chi connectivity index (χ4v) is 2.48. The molecule has 0 aliphatic heterocycles. The molecule has 0 saturated carbocycles. The van der Waals surface area contributed by atoms with Crippen LogP contribution in [-0.4, -0.2) is 26.4 Å². The Morgan fingerprint density at radius 1 is 1.32 bits per heavy atom. The van der Waals surface area contributed by atoms with Crippen molar-refractivity contribution in [3.63, 3.8) is 0 Å². The first-order valence-corrected chi connectivity index (χ1v) is 6.50. The number of aromatic nitrogens is 4. The lowest BCUT2D eigenvalue weighted by Crippen LogP contribution is -2.22. The third kappa shape index (κ3) is 3.24. The van der Waals surface area contributed by atoms with E-state index < -0.39 is 0 Å². The van der Waals surface area contributed by atoms with Gasteiger partial charge in [-0.05, 0) is 35.8 Å². The van der Waals surface area contributed by atoms with E-state index in [1.54, 1.807) is 6.92 Å². The number of nitrogens with zero attached hydrogens (tertiary/aromatic N) is 3. The molecule has 1 aromatic heterocycles. The minimum absolute atomic E-state index is 0.0000926. The Morgan fingerprint density at radius 3 is 2.58 bits per heavy atom. The van der Waals surface area contributed by atoms with E-state index >= 15 is 0 Å². The molecule has 1 aromatic carbocycles. The zero-order valence-electron chi connectivity index (χ0n) is 11.2. The molecule has 0 aliphatic rings. The largest absolute Gasteiger partial charge is 0.300 e. The third-order valence-corrected chi connectivity index (χ3v) is 3.46. The van der Waals surface area contributed by atoms with Gasteiger partial charge < -0.3 is 0 Å². The molecular weight excluding hydrogens is 240 g/mol. The number of carbonyl (C=O) groups is 1. The molecule has 0 spiro atoms. The Bertz CT molecular complexity index is 510. The Hall–Kier alpha value is -2.04. The number of hydrogen-bond donors (Lipinski definition) is 1. The summed E-state index contributed by atoms with van der Waals surface area (Å²) in [5.41, 5.74) is 1.18. The van der Waals surface area contributed by atoms with Crippen LogP contribution in [0, 0.1) is 5.92 Å². The fourth-order valence-electron chi connectivity index (χ4n) is 2.48. The lowest BCUT2D eigenvalue weighted by atomic mass is 9.82. The summed E-state index contributed by atoms with van der Waals surface area (Å²) in [5.74, 6) is 0.806. The minimum atomic E-state index is -0.0602. The van der Waals surface area contributed by atoms with Crippen LogP contribution in [0.15, 0.2) is 30.3 Å². The van der Waals surface area contributed by atoms with Crippen molar-refractivity contribution in [3.8, 4) is 0 Å². The predicted molar refractivity (Wildman–Crippen MR) is 71.5 cm³/mol. The van der Waals surface area contributed by atoms with Gasteiger partial charge in [0.2, 0.25) is 0 Å². The zero-order chi connectivity index (χ0) is 13.7.